The molecule has 0 aliphatic carbocycles. The standard InChI is InChI=1S/C22H36O6Si2/c1-7-23-29(24-8-2,25-9-3)21-18-17-19-15-13-14-16-20(19)22(21)30(26-10-4,27-11-5)28-12-6/h13-18H,7-12H2,1-6H3. The second-order valence-electron chi connectivity index (χ2n) is 6.42. The van der Waals surface area contributed by atoms with E-state index < -0.39 is 17.6 Å². The van der Waals surface area contributed by atoms with Crippen LogP contribution in [0.4, 0.5) is 0 Å². The zero-order chi connectivity index (χ0) is 22.0. The molecule has 0 heterocycles. The van der Waals surface area contributed by atoms with Gasteiger partial charge in [0.05, 0.1) is 0 Å². The number of fused-ring (bicyclic) bond motifs is 1. The second kappa shape index (κ2) is 12.1. The minimum absolute atomic E-state index is 0.474. The number of hydrogen-bond donors (Lipinski definition) is 0. The van der Waals surface area contributed by atoms with Crippen molar-refractivity contribution in [2.75, 3.05) is 39.6 Å². The summed E-state index contributed by atoms with van der Waals surface area (Å²) in [6, 6.07) is 12.3. The highest BCUT2D eigenvalue weighted by atomic mass is 28.4. The van der Waals surface area contributed by atoms with E-state index in [1.54, 1.807) is 0 Å². The molecule has 0 spiro atoms. The SMILES string of the molecule is CCO[Si](OCC)(OCC)c1ccc2ccccc2c1[Si](OCC)(OCC)OCC. The third-order valence-electron chi connectivity index (χ3n) is 4.57. The van der Waals surface area contributed by atoms with Gasteiger partial charge in [0.2, 0.25) is 0 Å². The Morgan fingerprint density at radius 3 is 1.43 bits per heavy atom. The Bertz CT molecular complexity index is 751. The molecule has 0 fully saturated rings. The van der Waals surface area contributed by atoms with E-state index in [-0.39, 0.29) is 0 Å². The highest BCUT2D eigenvalue weighted by Gasteiger charge is 2.54. The van der Waals surface area contributed by atoms with Crippen LogP contribution in [0.25, 0.3) is 10.8 Å². The van der Waals surface area contributed by atoms with Gasteiger partial charge in [-0.15, -0.1) is 0 Å². The van der Waals surface area contributed by atoms with Crippen molar-refractivity contribution >= 4 is 38.8 Å². The van der Waals surface area contributed by atoms with E-state index >= 15 is 0 Å². The molecule has 30 heavy (non-hydrogen) atoms. The molecule has 0 bridgehead atoms. The van der Waals surface area contributed by atoms with E-state index in [4.69, 9.17) is 26.6 Å². The third kappa shape index (κ3) is 5.20. The van der Waals surface area contributed by atoms with Gasteiger partial charge < -0.3 is 26.6 Å². The van der Waals surface area contributed by atoms with Gasteiger partial charge in [0.25, 0.3) is 0 Å². The van der Waals surface area contributed by atoms with E-state index in [1.165, 1.54) is 0 Å². The summed E-state index contributed by atoms with van der Waals surface area (Å²) in [5.41, 5.74) is 0. The van der Waals surface area contributed by atoms with Gasteiger partial charge in [0, 0.05) is 50.0 Å². The minimum Gasteiger partial charge on any atom is -0.370 e. The lowest BCUT2D eigenvalue weighted by atomic mass is 10.1. The lowest BCUT2D eigenvalue weighted by molar-refractivity contribution is 0.0808. The summed E-state index contributed by atoms with van der Waals surface area (Å²) in [4.78, 5) is 0. The number of hydrogen-bond acceptors (Lipinski definition) is 6. The van der Waals surface area contributed by atoms with E-state index in [0.717, 1.165) is 21.1 Å². The van der Waals surface area contributed by atoms with Gasteiger partial charge in [-0.2, -0.15) is 0 Å². The summed E-state index contributed by atoms with van der Waals surface area (Å²) >= 11 is 0. The molecule has 0 aliphatic rings. The average molecular weight is 453 g/mol. The predicted molar refractivity (Wildman–Crippen MR) is 124 cm³/mol. The van der Waals surface area contributed by atoms with Crippen molar-refractivity contribution in [2.24, 2.45) is 0 Å². The summed E-state index contributed by atoms with van der Waals surface area (Å²) in [7, 11) is -6.52. The first-order valence-corrected chi connectivity index (χ1v) is 14.4. The lowest BCUT2D eigenvalue weighted by Crippen LogP contribution is -2.70. The van der Waals surface area contributed by atoms with E-state index in [0.29, 0.717) is 39.6 Å². The Balaban J connectivity index is 2.94. The van der Waals surface area contributed by atoms with Crippen LogP contribution in [-0.2, 0) is 26.6 Å². The Morgan fingerprint density at radius 1 is 0.533 bits per heavy atom. The van der Waals surface area contributed by atoms with Gasteiger partial charge in [-0.25, -0.2) is 0 Å². The van der Waals surface area contributed by atoms with E-state index in [9.17, 15) is 0 Å². The fourth-order valence-corrected chi connectivity index (χ4v) is 9.99. The average Bonchev–Trinajstić information content (AvgIpc) is 2.74. The summed E-state index contributed by atoms with van der Waals surface area (Å²) in [6.45, 7) is 14.6. The van der Waals surface area contributed by atoms with Crippen molar-refractivity contribution in [2.45, 2.75) is 41.5 Å². The molecule has 2 aromatic rings. The maximum Gasteiger partial charge on any atom is 0.537 e. The van der Waals surface area contributed by atoms with E-state index in [2.05, 4.69) is 18.2 Å². The topological polar surface area (TPSA) is 55.4 Å². The highest BCUT2D eigenvalue weighted by Crippen LogP contribution is 2.22. The molecule has 6 nitrogen and oxygen atoms in total. The number of benzene rings is 2. The molecule has 0 amide bonds. The van der Waals surface area contributed by atoms with Crippen LogP contribution in [-0.4, -0.2) is 57.3 Å². The molecule has 0 unspecified atom stereocenters. The number of rotatable bonds is 14. The van der Waals surface area contributed by atoms with Crippen LogP contribution in [0.3, 0.4) is 0 Å². The molecule has 2 aromatic carbocycles. The van der Waals surface area contributed by atoms with Gasteiger partial charge in [0.15, 0.2) is 0 Å². The molecular formula is C22H36O6Si2. The minimum atomic E-state index is -3.28. The van der Waals surface area contributed by atoms with Gasteiger partial charge in [-0.1, -0.05) is 36.4 Å². The first kappa shape index (κ1) is 25.2. The molecule has 168 valence electrons. The molecule has 0 aromatic heterocycles. The molecule has 0 aliphatic heterocycles. The Labute approximate surface area is 183 Å². The molecule has 0 saturated heterocycles. The normalized spacial score (nSPS) is 12.6. The van der Waals surface area contributed by atoms with Crippen LogP contribution >= 0.6 is 0 Å². The van der Waals surface area contributed by atoms with Crippen molar-refractivity contribution in [3.63, 3.8) is 0 Å². The van der Waals surface area contributed by atoms with Gasteiger partial charge in [-0.3, -0.25) is 0 Å². The largest absolute Gasteiger partial charge is 0.537 e. The van der Waals surface area contributed by atoms with Crippen LogP contribution in [0, 0.1) is 0 Å². The molecule has 2 rings (SSSR count). The zero-order valence-corrected chi connectivity index (χ0v) is 21.2. The van der Waals surface area contributed by atoms with Crippen LogP contribution in [0.2, 0.25) is 0 Å². The van der Waals surface area contributed by atoms with Crippen molar-refractivity contribution in [3.8, 4) is 0 Å². The maximum absolute atomic E-state index is 6.32. The van der Waals surface area contributed by atoms with Crippen molar-refractivity contribution in [1.82, 2.24) is 0 Å². The zero-order valence-electron chi connectivity index (χ0n) is 19.2. The quantitative estimate of drug-likeness (QED) is 0.410. The van der Waals surface area contributed by atoms with Gasteiger partial charge >= 0.3 is 17.6 Å². The third-order valence-corrected chi connectivity index (χ3v) is 11.1. The molecular weight excluding hydrogens is 416 g/mol. The van der Waals surface area contributed by atoms with Gasteiger partial charge in [0.1, 0.15) is 0 Å². The Kier molecular flexibility index (Phi) is 10.1. The lowest BCUT2D eigenvalue weighted by Gasteiger charge is -2.36. The van der Waals surface area contributed by atoms with Crippen LogP contribution in [0.1, 0.15) is 41.5 Å². The molecule has 0 N–H and O–H groups in total. The summed E-state index contributed by atoms with van der Waals surface area (Å²) in [6.07, 6.45) is 0. The van der Waals surface area contributed by atoms with E-state index in [1.807, 2.05) is 59.7 Å². The fraction of sp³-hybridized carbons (Fsp3) is 0.545. The van der Waals surface area contributed by atoms with Crippen molar-refractivity contribution < 1.29 is 26.6 Å². The van der Waals surface area contributed by atoms with Crippen LogP contribution in [0.5, 0.6) is 0 Å². The molecule has 0 saturated carbocycles. The highest BCUT2D eigenvalue weighted by molar-refractivity contribution is 6.88. The van der Waals surface area contributed by atoms with Crippen molar-refractivity contribution in [1.29, 1.82) is 0 Å². The first-order chi connectivity index (χ1) is 14.6. The molecule has 0 radical (unpaired) electrons. The monoisotopic (exact) mass is 452 g/mol. The summed E-state index contributed by atoms with van der Waals surface area (Å²) < 4.78 is 37.8. The van der Waals surface area contributed by atoms with Crippen molar-refractivity contribution in [3.05, 3.63) is 36.4 Å². The first-order valence-electron chi connectivity index (χ1n) is 10.9. The predicted octanol–water partition coefficient (Wildman–Crippen LogP) is 3.35. The van der Waals surface area contributed by atoms with Gasteiger partial charge in [-0.05, 0) is 52.3 Å². The van der Waals surface area contributed by atoms with Crippen LogP contribution in [0.15, 0.2) is 36.4 Å². The second-order valence-corrected chi connectivity index (χ2v) is 11.4. The summed E-state index contributed by atoms with van der Waals surface area (Å²) in [5, 5.41) is 3.87. The Hall–Kier alpha value is -1.11. The Morgan fingerprint density at radius 2 is 0.967 bits per heavy atom. The maximum atomic E-state index is 6.32. The van der Waals surface area contributed by atoms with Crippen LogP contribution < -0.4 is 10.4 Å². The summed E-state index contributed by atoms with van der Waals surface area (Å²) in [5.74, 6) is 0. The molecule has 0 atom stereocenters. The fourth-order valence-electron chi connectivity index (χ4n) is 3.70. The smallest absolute Gasteiger partial charge is 0.370 e. The molecule has 8 heteroatoms.